The minimum Gasteiger partial charge on any atom is -0.491 e. The summed E-state index contributed by atoms with van der Waals surface area (Å²) in [5.41, 5.74) is 6.97. The number of hydrogen-bond acceptors (Lipinski definition) is 6. The zero-order valence-corrected chi connectivity index (χ0v) is 22.8. The maximum Gasteiger partial charge on any atom is 0.207 e. The normalized spacial score (nSPS) is 11.3. The fourth-order valence-corrected chi connectivity index (χ4v) is 5.14. The van der Waals surface area contributed by atoms with Crippen LogP contribution < -0.4 is 4.74 Å². The SMILES string of the molecule is CCCCc1nc2c(C)ccc(OCCCn3ccnc3)c2n1-c1cccc(-c2ccccc2)c1-c1nn[nH]n1. The number of H-pyrrole nitrogens is 1. The van der Waals surface area contributed by atoms with Crippen molar-refractivity contribution in [1.82, 2.24) is 39.7 Å². The second kappa shape index (κ2) is 11.5. The fourth-order valence-electron chi connectivity index (χ4n) is 5.14. The van der Waals surface area contributed by atoms with E-state index in [9.17, 15) is 0 Å². The molecule has 3 heterocycles. The molecule has 202 valence electrons. The Bertz CT molecular complexity index is 1690. The predicted octanol–water partition coefficient (Wildman–Crippen LogP) is 6.19. The number of aromatic nitrogens is 8. The van der Waals surface area contributed by atoms with Crippen molar-refractivity contribution in [2.75, 3.05) is 6.61 Å². The summed E-state index contributed by atoms with van der Waals surface area (Å²) < 4.78 is 10.8. The molecular weight excluding hydrogens is 500 g/mol. The van der Waals surface area contributed by atoms with Gasteiger partial charge in [-0.1, -0.05) is 61.9 Å². The van der Waals surface area contributed by atoms with Gasteiger partial charge >= 0.3 is 0 Å². The molecule has 6 rings (SSSR count). The maximum absolute atomic E-state index is 6.45. The Labute approximate surface area is 232 Å². The summed E-state index contributed by atoms with van der Waals surface area (Å²) in [6.45, 7) is 5.73. The molecule has 9 nitrogen and oxygen atoms in total. The van der Waals surface area contributed by atoms with Crippen LogP contribution in [0.1, 0.15) is 37.6 Å². The molecule has 3 aromatic carbocycles. The van der Waals surface area contributed by atoms with Crippen LogP contribution in [0.15, 0.2) is 79.4 Å². The number of unbranched alkanes of at least 4 members (excludes halogenated alkanes) is 1. The number of nitrogens with zero attached hydrogens (tertiary/aromatic N) is 7. The highest BCUT2D eigenvalue weighted by molar-refractivity contribution is 5.92. The predicted molar refractivity (Wildman–Crippen MR) is 155 cm³/mol. The van der Waals surface area contributed by atoms with Crippen LogP contribution in [0.3, 0.4) is 0 Å². The van der Waals surface area contributed by atoms with Gasteiger partial charge in [-0.15, -0.1) is 10.2 Å². The molecule has 0 aliphatic heterocycles. The van der Waals surface area contributed by atoms with E-state index >= 15 is 0 Å². The second-order valence-electron chi connectivity index (χ2n) is 9.85. The number of aryl methyl sites for hydroxylation is 3. The monoisotopic (exact) mass is 532 g/mol. The highest BCUT2D eigenvalue weighted by Gasteiger charge is 2.24. The average Bonchev–Trinajstić information content (AvgIpc) is 3.77. The van der Waals surface area contributed by atoms with Crippen molar-refractivity contribution in [3.05, 3.63) is 90.8 Å². The number of aromatic amines is 1. The van der Waals surface area contributed by atoms with Gasteiger partial charge in [-0.25, -0.2) is 9.97 Å². The standard InChI is InChI=1S/C31H32N8O/c1-3-4-14-27-33-29-22(2)15-16-26(40-20-9-18-38-19-17-32-21-38)30(29)39(27)25-13-8-12-24(23-10-6-5-7-11-23)28(25)31-34-36-37-35-31/h5-8,10-13,15-17,19,21H,3-4,9,14,18,20H2,1-2H3,(H,34,35,36,37). The van der Waals surface area contributed by atoms with E-state index < -0.39 is 0 Å². The van der Waals surface area contributed by atoms with E-state index in [0.29, 0.717) is 12.4 Å². The fraction of sp³-hybridized carbons (Fsp3) is 0.258. The van der Waals surface area contributed by atoms with Crippen LogP contribution in [0.4, 0.5) is 0 Å². The van der Waals surface area contributed by atoms with Gasteiger partial charge in [0.2, 0.25) is 5.82 Å². The van der Waals surface area contributed by atoms with Crippen LogP contribution in [0.25, 0.3) is 39.2 Å². The molecule has 6 aromatic rings. The van der Waals surface area contributed by atoms with E-state index in [1.807, 2.05) is 30.7 Å². The van der Waals surface area contributed by atoms with E-state index in [1.54, 1.807) is 6.20 Å². The van der Waals surface area contributed by atoms with Gasteiger partial charge in [0.1, 0.15) is 17.1 Å². The Hall–Kier alpha value is -4.79. The molecule has 0 aliphatic rings. The van der Waals surface area contributed by atoms with Crippen LogP contribution in [0, 0.1) is 6.92 Å². The number of tetrazole rings is 1. The molecule has 9 heteroatoms. The molecule has 1 N–H and O–H groups in total. The molecule has 0 spiro atoms. The molecule has 0 radical (unpaired) electrons. The first-order chi connectivity index (χ1) is 19.7. The lowest BCUT2D eigenvalue weighted by molar-refractivity contribution is 0.304. The van der Waals surface area contributed by atoms with Gasteiger partial charge in [-0.3, -0.25) is 4.57 Å². The summed E-state index contributed by atoms with van der Waals surface area (Å²) in [5, 5.41) is 15.4. The molecular formula is C31H32N8O. The molecule has 0 atom stereocenters. The van der Waals surface area contributed by atoms with Crippen molar-refractivity contribution < 1.29 is 4.74 Å². The van der Waals surface area contributed by atoms with Crippen LogP contribution in [-0.2, 0) is 13.0 Å². The highest BCUT2D eigenvalue weighted by Crippen LogP contribution is 2.39. The number of imidazole rings is 2. The minimum absolute atomic E-state index is 0.535. The molecule has 0 amide bonds. The largest absolute Gasteiger partial charge is 0.491 e. The molecule has 0 aliphatic carbocycles. The van der Waals surface area contributed by atoms with Crippen molar-refractivity contribution in [3.63, 3.8) is 0 Å². The van der Waals surface area contributed by atoms with Gasteiger partial charge in [0.05, 0.1) is 29.7 Å². The van der Waals surface area contributed by atoms with Gasteiger partial charge in [-0.05, 0) is 53.8 Å². The van der Waals surface area contributed by atoms with Gasteiger partial charge in [-0.2, -0.15) is 5.21 Å². The third-order valence-corrected chi connectivity index (χ3v) is 7.11. The third-order valence-electron chi connectivity index (χ3n) is 7.11. The lowest BCUT2D eigenvalue weighted by atomic mass is 9.97. The van der Waals surface area contributed by atoms with E-state index in [0.717, 1.165) is 82.8 Å². The lowest BCUT2D eigenvalue weighted by Crippen LogP contribution is -2.07. The number of fused-ring (bicyclic) bond motifs is 1. The molecule has 0 unspecified atom stereocenters. The number of rotatable bonds is 11. The van der Waals surface area contributed by atoms with Crippen LogP contribution in [0.5, 0.6) is 5.75 Å². The Morgan fingerprint density at radius 1 is 0.975 bits per heavy atom. The maximum atomic E-state index is 6.45. The highest BCUT2D eigenvalue weighted by atomic mass is 16.5. The lowest BCUT2D eigenvalue weighted by Gasteiger charge is -2.18. The average molecular weight is 533 g/mol. The van der Waals surface area contributed by atoms with Crippen molar-refractivity contribution >= 4 is 11.0 Å². The Morgan fingerprint density at radius 2 is 1.88 bits per heavy atom. The van der Waals surface area contributed by atoms with Gasteiger partial charge < -0.3 is 9.30 Å². The molecule has 40 heavy (non-hydrogen) atoms. The zero-order valence-electron chi connectivity index (χ0n) is 22.8. The topological polar surface area (TPSA) is 99.3 Å². The first kappa shape index (κ1) is 25.5. The summed E-state index contributed by atoms with van der Waals surface area (Å²) in [6.07, 6.45) is 9.40. The van der Waals surface area contributed by atoms with Gasteiger partial charge in [0.25, 0.3) is 0 Å². The van der Waals surface area contributed by atoms with Crippen LogP contribution in [0.2, 0.25) is 0 Å². The quantitative estimate of drug-likeness (QED) is 0.200. The first-order valence-electron chi connectivity index (χ1n) is 13.8. The van der Waals surface area contributed by atoms with E-state index in [4.69, 9.17) is 9.72 Å². The second-order valence-corrected chi connectivity index (χ2v) is 9.85. The summed E-state index contributed by atoms with van der Waals surface area (Å²) in [4.78, 5) is 9.32. The number of ether oxygens (including phenoxy) is 1. The number of hydrogen-bond donors (Lipinski definition) is 1. The third kappa shape index (κ3) is 4.98. The minimum atomic E-state index is 0.535. The smallest absolute Gasteiger partial charge is 0.207 e. The van der Waals surface area contributed by atoms with E-state index in [-0.39, 0.29) is 0 Å². The molecule has 0 fully saturated rings. The Morgan fingerprint density at radius 3 is 2.65 bits per heavy atom. The van der Waals surface area contributed by atoms with Crippen molar-refractivity contribution in [2.45, 2.75) is 46.1 Å². The summed E-state index contributed by atoms with van der Waals surface area (Å²) in [6, 6.07) is 20.8. The van der Waals surface area contributed by atoms with Crippen LogP contribution in [-0.4, -0.2) is 46.3 Å². The summed E-state index contributed by atoms with van der Waals surface area (Å²) in [7, 11) is 0. The zero-order chi connectivity index (χ0) is 27.3. The van der Waals surface area contributed by atoms with E-state index in [1.165, 1.54) is 0 Å². The van der Waals surface area contributed by atoms with Gasteiger partial charge in [0, 0.05) is 25.4 Å². The molecule has 0 saturated carbocycles. The van der Waals surface area contributed by atoms with Gasteiger partial charge in [0.15, 0.2) is 0 Å². The molecule has 0 saturated heterocycles. The van der Waals surface area contributed by atoms with Crippen LogP contribution >= 0.6 is 0 Å². The number of benzene rings is 3. The first-order valence-corrected chi connectivity index (χ1v) is 13.8. The van der Waals surface area contributed by atoms with E-state index in [2.05, 4.69) is 91.1 Å². The summed E-state index contributed by atoms with van der Waals surface area (Å²) in [5.74, 6) is 2.34. The van der Waals surface area contributed by atoms with Crippen molar-refractivity contribution in [2.24, 2.45) is 0 Å². The molecule has 3 aromatic heterocycles. The van der Waals surface area contributed by atoms with Crippen molar-refractivity contribution in [3.8, 4) is 34.0 Å². The van der Waals surface area contributed by atoms with Crippen molar-refractivity contribution in [1.29, 1.82) is 0 Å². The number of nitrogens with one attached hydrogen (secondary N) is 1. The molecule has 0 bridgehead atoms. The Balaban J connectivity index is 1.52. The Kier molecular flexibility index (Phi) is 7.34. The summed E-state index contributed by atoms with van der Waals surface area (Å²) >= 11 is 0.